The number of aliphatic carboxylic acids is 1. The number of carboxylic acids is 1. The van der Waals surface area contributed by atoms with Crippen LogP contribution in [0.2, 0.25) is 0 Å². The Morgan fingerprint density at radius 3 is 2.63 bits per heavy atom. The quantitative estimate of drug-likeness (QED) is 0.573. The average molecular weight is 445 g/mol. The molecule has 1 aromatic carbocycles. The van der Waals surface area contributed by atoms with E-state index in [9.17, 15) is 18.3 Å². The Hall–Kier alpha value is -2.49. The minimum Gasteiger partial charge on any atom is -0.480 e. The highest BCUT2D eigenvalue weighted by atomic mass is 32.2. The summed E-state index contributed by atoms with van der Waals surface area (Å²) in [6, 6.07) is 14.1. The van der Waals surface area contributed by atoms with Crippen LogP contribution in [0.4, 0.5) is 0 Å². The second-order valence-corrected chi connectivity index (χ2v) is 11.0. The van der Waals surface area contributed by atoms with Gasteiger partial charge in [-0.2, -0.15) is 4.72 Å². The fraction of sp³-hybridized carbons (Fsp3) is 0.333. The van der Waals surface area contributed by atoms with Crippen molar-refractivity contribution in [1.29, 1.82) is 0 Å². The van der Waals surface area contributed by atoms with Crippen LogP contribution in [0.5, 0.6) is 0 Å². The van der Waals surface area contributed by atoms with Crippen molar-refractivity contribution in [3.8, 4) is 10.6 Å². The normalized spacial score (nSPS) is 25.9. The van der Waals surface area contributed by atoms with Crippen LogP contribution in [0.25, 0.3) is 10.6 Å². The topological polar surface area (TPSA) is 110 Å². The molecule has 0 radical (unpaired) electrons. The Kier molecular flexibility index (Phi) is 4.39. The van der Waals surface area contributed by atoms with Gasteiger partial charge in [-0.15, -0.1) is 11.3 Å². The van der Waals surface area contributed by atoms with E-state index in [1.807, 2.05) is 36.4 Å². The van der Waals surface area contributed by atoms with Crippen molar-refractivity contribution in [3.05, 3.63) is 59.9 Å². The van der Waals surface area contributed by atoms with Crippen LogP contribution in [-0.2, 0) is 14.8 Å². The summed E-state index contributed by atoms with van der Waals surface area (Å²) in [7, 11) is -4.03. The third-order valence-electron chi connectivity index (χ3n) is 6.02. The molecule has 0 bridgehead atoms. The van der Waals surface area contributed by atoms with Crippen molar-refractivity contribution in [2.45, 2.75) is 41.3 Å². The minimum absolute atomic E-state index is 0.0556. The summed E-state index contributed by atoms with van der Waals surface area (Å²) >= 11 is 1.05. The lowest BCUT2D eigenvalue weighted by molar-refractivity contribution is -0.140. The number of hydrogen-bond donors (Lipinski definition) is 2. The third kappa shape index (κ3) is 3.08. The van der Waals surface area contributed by atoms with Crippen LogP contribution in [0, 0.1) is 5.92 Å². The van der Waals surface area contributed by atoms with Gasteiger partial charge >= 0.3 is 5.97 Å². The molecule has 2 fully saturated rings. The van der Waals surface area contributed by atoms with Gasteiger partial charge < -0.3 is 9.63 Å². The number of hydrogen-bond acceptors (Lipinski definition) is 6. The first-order valence-electron chi connectivity index (χ1n) is 9.72. The summed E-state index contributed by atoms with van der Waals surface area (Å²) in [5, 5.41) is 14.0. The number of nitrogens with one attached hydrogen (secondary N) is 1. The molecule has 0 saturated heterocycles. The molecule has 2 aliphatic rings. The summed E-state index contributed by atoms with van der Waals surface area (Å²) < 4.78 is 34.1. The van der Waals surface area contributed by atoms with Crippen LogP contribution < -0.4 is 4.72 Å². The first-order chi connectivity index (χ1) is 14.3. The molecule has 2 aliphatic carbocycles. The molecule has 7 nitrogen and oxygen atoms in total. The predicted molar refractivity (Wildman–Crippen MR) is 111 cm³/mol. The van der Waals surface area contributed by atoms with E-state index in [0.717, 1.165) is 35.5 Å². The number of aromatic nitrogens is 1. The Balaban J connectivity index is 1.42. The van der Waals surface area contributed by atoms with Crippen molar-refractivity contribution >= 4 is 27.3 Å². The molecule has 1 unspecified atom stereocenters. The maximum Gasteiger partial charge on any atom is 0.325 e. The van der Waals surface area contributed by atoms with Gasteiger partial charge in [0.1, 0.15) is 21.2 Å². The zero-order chi connectivity index (χ0) is 21.1. The molecule has 156 valence electrons. The fourth-order valence-corrected chi connectivity index (χ4v) is 6.86. The summed E-state index contributed by atoms with van der Waals surface area (Å²) in [6.07, 6.45) is 2.17. The molecule has 5 rings (SSSR count). The van der Waals surface area contributed by atoms with Gasteiger partial charge in [0.05, 0.1) is 4.88 Å². The van der Waals surface area contributed by atoms with Gasteiger partial charge in [0.25, 0.3) is 10.0 Å². The first kappa shape index (κ1) is 19.5. The Labute approximate surface area is 177 Å². The van der Waals surface area contributed by atoms with Crippen molar-refractivity contribution in [2.24, 2.45) is 5.92 Å². The Morgan fingerprint density at radius 2 is 1.97 bits per heavy atom. The number of thiophene rings is 1. The van der Waals surface area contributed by atoms with Gasteiger partial charge in [-0.25, -0.2) is 8.42 Å². The zero-order valence-corrected chi connectivity index (χ0v) is 17.7. The molecular formula is C21H20N2O5S2. The first-order valence-corrected chi connectivity index (χ1v) is 12.0. The molecule has 0 spiro atoms. The lowest BCUT2D eigenvalue weighted by atomic mass is 10.1. The molecule has 3 aromatic rings. The van der Waals surface area contributed by atoms with Crippen molar-refractivity contribution < 1.29 is 22.8 Å². The van der Waals surface area contributed by atoms with Gasteiger partial charge in [-0.05, 0) is 36.5 Å². The molecule has 30 heavy (non-hydrogen) atoms. The molecular weight excluding hydrogens is 424 g/mol. The highest BCUT2D eigenvalue weighted by Gasteiger charge is 2.70. The van der Waals surface area contributed by atoms with Crippen LogP contribution in [-0.4, -0.2) is 30.2 Å². The molecule has 3 atom stereocenters. The standard InChI is InChI=1S/C21H20N2O5S2/c1-12-19(14-5-3-2-4-6-14)21(12,20(24)25)23-30(26,27)18-10-9-17(29-18)15-11-16(28-22-15)13-7-8-13/h2-6,9-13,19,23H,7-8H2,1H3,(H,24,25)/t12?,19-,21-/m0/s1. The maximum absolute atomic E-state index is 13.1. The zero-order valence-electron chi connectivity index (χ0n) is 16.1. The number of nitrogens with zero attached hydrogens (tertiary/aromatic N) is 1. The fourth-order valence-electron chi connectivity index (χ4n) is 4.14. The average Bonchev–Trinajstić information content (AvgIpc) is 3.49. The largest absolute Gasteiger partial charge is 0.480 e. The van der Waals surface area contributed by atoms with E-state index in [0.29, 0.717) is 16.5 Å². The van der Waals surface area contributed by atoms with E-state index in [1.165, 1.54) is 6.07 Å². The molecule has 0 amide bonds. The summed E-state index contributed by atoms with van der Waals surface area (Å²) in [4.78, 5) is 12.8. The molecule has 2 N–H and O–H groups in total. The van der Waals surface area contributed by atoms with Gasteiger partial charge in [-0.1, -0.05) is 42.4 Å². The van der Waals surface area contributed by atoms with E-state index in [1.54, 1.807) is 13.0 Å². The monoisotopic (exact) mass is 444 g/mol. The smallest absolute Gasteiger partial charge is 0.325 e. The Bertz CT molecular complexity index is 1210. The summed E-state index contributed by atoms with van der Waals surface area (Å²) in [6.45, 7) is 1.75. The van der Waals surface area contributed by atoms with E-state index in [2.05, 4.69) is 9.88 Å². The van der Waals surface area contributed by atoms with Gasteiger partial charge in [0.2, 0.25) is 0 Å². The van der Waals surface area contributed by atoms with E-state index in [4.69, 9.17) is 4.52 Å². The van der Waals surface area contributed by atoms with Crippen LogP contribution in [0.1, 0.15) is 42.9 Å². The van der Waals surface area contributed by atoms with Gasteiger partial charge in [-0.3, -0.25) is 4.79 Å². The number of carboxylic acid groups (broad SMARTS) is 1. The van der Waals surface area contributed by atoms with Gasteiger partial charge in [0, 0.05) is 17.9 Å². The van der Waals surface area contributed by atoms with E-state index < -0.39 is 27.4 Å². The van der Waals surface area contributed by atoms with E-state index in [-0.39, 0.29) is 10.1 Å². The molecule has 0 aliphatic heterocycles. The second-order valence-electron chi connectivity index (χ2n) is 7.96. The van der Waals surface area contributed by atoms with Crippen LogP contribution >= 0.6 is 11.3 Å². The number of benzene rings is 1. The molecule has 2 saturated carbocycles. The summed E-state index contributed by atoms with van der Waals surface area (Å²) in [5.41, 5.74) is -0.160. The molecule has 9 heteroatoms. The van der Waals surface area contributed by atoms with Crippen molar-refractivity contribution in [2.75, 3.05) is 0 Å². The number of sulfonamides is 1. The lowest BCUT2D eigenvalue weighted by Gasteiger charge is -2.15. The lowest BCUT2D eigenvalue weighted by Crippen LogP contribution is -2.45. The SMILES string of the molecule is CC1[C@@H](c2ccccc2)[C@]1(NS(=O)(=O)c1ccc(-c2cc(C3CC3)on2)s1)C(=O)O. The van der Waals surface area contributed by atoms with Crippen molar-refractivity contribution in [3.63, 3.8) is 0 Å². The van der Waals surface area contributed by atoms with E-state index >= 15 is 0 Å². The van der Waals surface area contributed by atoms with Crippen molar-refractivity contribution in [1.82, 2.24) is 9.88 Å². The third-order valence-corrected chi connectivity index (χ3v) is 9.11. The minimum atomic E-state index is -4.03. The van der Waals surface area contributed by atoms with Crippen LogP contribution in [0.3, 0.4) is 0 Å². The number of rotatable bonds is 7. The molecule has 2 heterocycles. The summed E-state index contributed by atoms with van der Waals surface area (Å²) in [5.74, 6) is -0.735. The van der Waals surface area contributed by atoms with Gasteiger partial charge in [0.15, 0.2) is 0 Å². The predicted octanol–water partition coefficient (Wildman–Crippen LogP) is 3.82. The highest BCUT2D eigenvalue weighted by Crippen LogP contribution is 2.58. The molecule has 2 aromatic heterocycles. The highest BCUT2D eigenvalue weighted by molar-refractivity contribution is 7.91. The van der Waals surface area contributed by atoms with Crippen LogP contribution in [0.15, 0.2) is 57.3 Å². The number of carbonyl (C=O) groups is 1. The second kappa shape index (κ2) is 6.76. The maximum atomic E-state index is 13.1. The Morgan fingerprint density at radius 1 is 1.23 bits per heavy atom.